The molecule has 1 aliphatic rings. The Hall–Kier alpha value is -2.26. The minimum Gasteiger partial charge on any atom is -0.290 e. The van der Waals surface area contributed by atoms with Crippen LogP contribution < -0.4 is 0 Å². The second-order valence-electron chi connectivity index (χ2n) is 7.71. The quantitative estimate of drug-likeness (QED) is 0.859. The highest BCUT2D eigenvalue weighted by atomic mass is 15.6. The molecular weight excluding hydrogens is 312 g/mol. The monoisotopic (exact) mass is 338 g/mol. The minimum atomic E-state index is -0.199. The van der Waals surface area contributed by atoms with Crippen molar-refractivity contribution in [2.45, 2.75) is 58.0 Å². The Balaban J connectivity index is 2.09. The van der Waals surface area contributed by atoms with E-state index in [0.29, 0.717) is 5.56 Å². The van der Waals surface area contributed by atoms with Crippen LogP contribution in [0.2, 0.25) is 0 Å². The summed E-state index contributed by atoms with van der Waals surface area (Å²) in [4.78, 5) is 2.47. The van der Waals surface area contributed by atoms with E-state index in [1.165, 1.54) is 25.7 Å². The van der Waals surface area contributed by atoms with E-state index in [4.69, 9.17) is 0 Å². The van der Waals surface area contributed by atoms with Gasteiger partial charge in [0.2, 0.25) is 0 Å². The molecule has 1 saturated heterocycles. The maximum atomic E-state index is 9.30. The van der Waals surface area contributed by atoms with Crippen LogP contribution in [0.3, 0.4) is 0 Å². The zero-order chi connectivity index (χ0) is 17.9. The summed E-state index contributed by atoms with van der Waals surface area (Å²) in [5.41, 5.74) is 1.56. The summed E-state index contributed by atoms with van der Waals surface area (Å²) in [6, 6.07) is 10.1. The summed E-state index contributed by atoms with van der Waals surface area (Å²) in [5, 5.41) is 21.9. The van der Waals surface area contributed by atoms with Gasteiger partial charge < -0.3 is 0 Å². The highest BCUT2D eigenvalue weighted by Crippen LogP contribution is 2.31. The van der Waals surface area contributed by atoms with Crippen molar-refractivity contribution in [2.75, 3.05) is 13.1 Å². The number of likely N-dealkylation sites (tertiary alicyclic amines) is 1. The van der Waals surface area contributed by atoms with Gasteiger partial charge in [-0.2, -0.15) is 5.26 Å². The third-order valence-corrected chi connectivity index (χ3v) is 4.71. The highest BCUT2D eigenvalue weighted by molar-refractivity contribution is 5.36. The van der Waals surface area contributed by atoms with Crippen molar-refractivity contribution in [3.63, 3.8) is 0 Å². The van der Waals surface area contributed by atoms with Gasteiger partial charge in [0.25, 0.3) is 0 Å². The fourth-order valence-corrected chi connectivity index (χ4v) is 3.50. The van der Waals surface area contributed by atoms with E-state index < -0.39 is 0 Å². The van der Waals surface area contributed by atoms with Crippen LogP contribution in [0.1, 0.15) is 69.4 Å². The lowest BCUT2D eigenvalue weighted by Gasteiger charge is -2.32. The highest BCUT2D eigenvalue weighted by Gasteiger charge is 2.31. The van der Waals surface area contributed by atoms with Crippen molar-refractivity contribution >= 4 is 0 Å². The SMILES string of the molecule is CC(C)(C)n1nnnc1[C@H](c1cccc(C#N)c1)N1CCCCCC1. The molecule has 0 spiro atoms. The standard InChI is InChI=1S/C19H26N6/c1-19(2,3)25-18(21-22-23-25)17(24-11-6-4-5-7-12-24)16-10-8-9-15(13-16)14-20/h8-10,13,17H,4-7,11-12H2,1-3H3/t17-/m0/s1. The normalized spacial score (nSPS) is 17.7. The first-order chi connectivity index (χ1) is 12.0. The Morgan fingerprint density at radius 2 is 1.84 bits per heavy atom. The van der Waals surface area contributed by atoms with Crippen molar-refractivity contribution in [1.29, 1.82) is 5.26 Å². The van der Waals surface area contributed by atoms with Crippen LogP contribution in [0.25, 0.3) is 0 Å². The van der Waals surface area contributed by atoms with Gasteiger partial charge in [-0.15, -0.1) is 5.10 Å². The van der Waals surface area contributed by atoms with Gasteiger partial charge in [0.1, 0.15) is 0 Å². The first kappa shape index (κ1) is 17.6. The molecule has 2 aromatic rings. The Morgan fingerprint density at radius 1 is 1.12 bits per heavy atom. The van der Waals surface area contributed by atoms with Gasteiger partial charge in [-0.05, 0) is 74.8 Å². The van der Waals surface area contributed by atoms with E-state index in [-0.39, 0.29) is 11.6 Å². The number of aromatic nitrogens is 4. The molecule has 0 unspecified atom stereocenters. The summed E-state index contributed by atoms with van der Waals surface area (Å²) in [6.07, 6.45) is 4.91. The predicted octanol–water partition coefficient (Wildman–Crippen LogP) is 3.27. The first-order valence-corrected chi connectivity index (χ1v) is 9.03. The van der Waals surface area contributed by atoms with Crippen LogP contribution in [0.4, 0.5) is 0 Å². The summed E-state index contributed by atoms with van der Waals surface area (Å²) >= 11 is 0. The van der Waals surface area contributed by atoms with E-state index in [9.17, 15) is 5.26 Å². The number of benzene rings is 1. The average Bonchev–Trinajstić information content (AvgIpc) is 2.92. The molecule has 1 atom stereocenters. The Morgan fingerprint density at radius 3 is 2.48 bits per heavy atom. The number of rotatable bonds is 3. The van der Waals surface area contributed by atoms with E-state index >= 15 is 0 Å². The lowest BCUT2D eigenvalue weighted by atomic mass is 10.00. The van der Waals surface area contributed by atoms with Gasteiger partial charge >= 0.3 is 0 Å². The van der Waals surface area contributed by atoms with Crippen LogP contribution in [-0.4, -0.2) is 38.2 Å². The molecule has 0 aliphatic carbocycles. The topological polar surface area (TPSA) is 70.6 Å². The van der Waals surface area contributed by atoms with Crippen molar-refractivity contribution in [3.8, 4) is 6.07 Å². The average molecular weight is 338 g/mol. The summed E-state index contributed by atoms with van der Waals surface area (Å²) in [5.74, 6) is 0.851. The zero-order valence-corrected chi connectivity index (χ0v) is 15.3. The van der Waals surface area contributed by atoms with Gasteiger partial charge in [-0.3, -0.25) is 4.90 Å². The molecule has 2 heterocycles. The molecule has 1 aromatic carbocycles. The van der Waals surface area contributed by atoms with Crippen molar-refractivity contribution in [1.82, 2.24) is 25.1 Å². The Kier molecular flexibility index (Phi) is 5.14. The number of tetrazole rings is 1. The lowest BCUT2D eigenvalue weighted by molar-refractivity contribution is 0.209. The van der Waals surface area contributed by atoms with E-state index in [1.807, 2.05) is 22.9 Å². The molecule has 132 valence electrons. The molecule has 25 heavy (non-hydrogen) atoms. The molecule has 0 bridgehead atoms. The van der Waals surface area contributed by atoms with Gasteiger partial charge in [-0.25, -0.2) is 4.68 Å². The molecule has 0 N–H and O–H groups in total. The molecule has 1 aromatic heterocycles. The van der Waals surface area contributed by atoms with Crippen LogP contribution in [0, 0.1) is 11.3 Å². The second-order valence-corrected chi connectivity index (χ2v) is 7.71. The molecule has 0 amide bonds. The fraction of sp³-hybridized carbons (Fsp3) is 0.579. The van der Waals surface area contributed by atoms with Crippen LogP contribution >= 0.6 is 0 Å². The second kappa shape index (κ2) is 7.32. The van der Waals surface area contributed by atoms with Crippen molar-refractivity contribution in [2.24, 2.45) is 0 Å². The van der Waals surface area contributed by atoms with Gasteiger partial charge in [-0.1, -0.05) is 25.0 Å². The summed E-state index contributed by atoms with van der Waals surface area (Å²) in [7, 11) is 0. The van der Waals surface area contributed by atoms with Crippen molar-refractivity contribution in [3.05, 3.63) is 41.2 Å². The number of nitrogens with zero attached hydrogens (tertiary/aromatic N) is 6. The molecule has 6 heteroatoms. The van der Waals surface area contributed by atoms with Gasteiger partial charge in [0, 0.05) is 0 Å². The van der Waals surface area contributed by atoms with Crippen LogP contribution in [0.15, 0.2) is 24.3 Å². The predicted molar refractivity (Wildman–Crippen MR) is 95.9 cm³/mol. The Bertz CT molecular complexity index is 744. The molecule has 1 fully saturated rings. The van der Waals surface area contributed by atoms with Gasteiger partial charge in [0.15, 0.2) is 5.82 Å². The van der Waals surface area contributed by atoms with E-state index in [0.717, 1.165) is 24.5 Å². The number of hydrogen-bond donors (Lipinski definition) is 0. The molecular formula is C19H26N6. The Labute approximate surface area is 149 Å². The van der Waals surface area contributed by atoms with Gasteiger partial charge in [0.05, 0.1) is 23.2 Å². The third-order valence-electron chi connectivity index (χ3n) is 4.71. The largest absolute Gasteiger partial charge is 0.290 e. The number of hydrogen-bond acceptors (Lipinski definition) is 5. The van der Waals surface area contributed by atoms with Crippen LogP contribution in [-0.2, 0) is 5.54 Å². The number of nitriles is 1. The smallest absolute Gasteiger partial charge is 0.173 e. The van der Waals surface area contributed by atoms with Crippen molar-refractivity contribution < 1.29 is 0 Å². The minimum absolute atomic E-state index is 0.0272. The maximum absolute atomic E-state index is 9.30. The third kappa shape index (κ3) is 3.88. The van der Waals surface area contributed by atoms with E-state index in [2.05, 4.69) is 53.3 Å². The molecule has 6 nitrogen and oxygen atoms in total. The maximum Gasteiger partial charge on any atom is 0.173 e. The summed E-state index contributed by atoms with van der Waals surface area (Å²) < 4.78 is 1.92. The first-order valence-electron chi connectivity index (χ1n) is 9.03. The molecule has 0 radical (unpaired) electrons. The zero-order valence-electron chi connectivity index (χ0n) is 15.3. The summed E-state index contributed by atoms with van der Waals surface area (Å²) in [6.45, 7) is 8.38. The van der Waals surface area contributed by atoms with E-state index in [1.54, 1.807) is 0 Å². The molecule has 3 rings (SSSR count). The molecule has 0 saturated carbocycles. The lowest BCUT2D eigenvalue weighted by Crippen LogP contribution is -2.35. The molecule has 1 aliphatic heterocycles. The fourth-order valence-electron chi connectivity index (χ4n) is 3.50. The van der Waals surface area contributed by atoms with Crippen LogP contribution in [0.5, 0.6) is 0 Å².